The van der Waals surface area contributed by atoms with Crippen LogP contribution >= 0.6 is 0 Å². The molecule has 0 aromatic heterocycles. The van der Waals surface area contributed by atoms with Crippen molar-refractivity contribution in [2.24, 2.45) is 0 Å². The number of carbonyl (C=O) groups is 1. The Balaban J connectivity index is 3.54. The minimum atomic E-state index is -1.02. The number of carboxylic acid groups (broad SMARTS) is 1. The summed E-state index contributed by atoms with van der Waals surface area (Å²) >= 11 is 0. The van der Waals surface area contributed by atoms with Gasteiger partial charge < -0.3 is 5.11 Å². The van der Waals surface area contributed by atoms with Gasteiger partial charge in [-0.1, -0.05) is 26.7 Å². The van der Waals surface area contributed by atoms with Gasteiger partial charge in [0.05, 0.1) is 0 Å². The van der Waals surface area contributed by atoms with E-state index in [2.05, 4.69) is 24.7 Å². The monoisotopic (exact) mass is 174 g/mol. The van der Waals surface area contributed by atoms with Gasteiger partial charge in [-0.05, 0) is 12.8 Å². The standard InChI is InChI=1S/C8H18N2O2/c1-3-5-7(6-4-2)9-10-8(11)12/h7,9-10H,3-6H2,1-2H3,(H,11,12). The first-order valence-corrected chi connectivity index (χ1v) is 4.45. The van der Waals surface area contributed by atoms with Crippen LogP contribution in [0.5, 0.6) is 0 Å². The first-order valence-electron chi connectivity index (χ1n) is 4.45. The van der Waals surface area contributed by atoms with Crippen LogP contribution in [0.2, 0.25) is 0 Å². The second kappa shape index (κ2) is 6.91. The molecule has 0 rings (SSSR count). The fourth-order valence-corrected chi connectivity index (χ4v) is 1.15. The number of hydrogen-bond acceptors (Lipinski definition) is 2. The molecule has 4 nitrogen and oxygen atoms in total. The molecule has 0 aromatic rings. The van der Waals surface area contributed by atoms with Crippen molar-refractivity contribution < 1.29 is 9.90 Å². The van der Waals surface area contributed by atoms with Crippen molar-refractivity contribution in [3.63, 3.8) is 0 Å². The molecule has 0 aliphatic heterocycles. The summed E-state index contributed by atoms with van der Waals surface area (Å²) in [4.78, 5) is 10.1. The van der Waals surface area contributed by atoms with Crippen LogP contribution in [0.15, 0.2) is 0 Å². The van der Waals surface area contributed by atoms with E-state index < -0.39 is 6.09 Å². The lowest BCUT2D eigenvalue weighted by molar-refractivity contribution is 0.185. The Hall–Kier alpha value is -0.770. The van der Waals surface area contributed by atoms with Crippen LogP contribution in [0.4, 0.5) is 4.79 Å². The zero-order valence-corrected chi connectivity index (χ0v) is 7.76. The first kappa shape index (κ1) is 11.2. The molecular weight excluding hydrogens is 156 g/mol. The molecule has 3 N–H and O–H groups in total. The van der Waals surface area contributed by atoms with Gasteiger partial charge in [0.15, 0.2) is 0 Å². The Kier molecular flexibility index (Phi) is 6.47. The Morgan fingerprint density at radius 1 is 1.33 bits per heavy atom. The molecule has 1 amide bonds. The number of hydrazine groups is 1. The van der Waals surface area contributed by atoms with Gasteiger partial charge in [-0.2, -0.15) is 0 Å². The van der Waals surface area contributed by atoms with Gasteiger partial charge in [-0.25, -0.2) is 10.2 Å². The summed E-state index contributed by atoms with van der Waals surface area (Å²) in [7, 11) is 0. The number of nitrogens with one attached hydrogen (secondary N) is 2. The maximum absolute atomic E-state index is 10.1. The van der Waals surface area contributed by atoms with E-state index >= 15 is 0 Å². The van der Waals surface area contributed by atoms with Crippen molar-refractivity contribution in [3.05, 3.63) is 0 Å². The third kappa shape index (κ3) is 5.97. The zero-order chi connectivity index (χ0) is 9.40. The fourth-order valence-electron chi connectivity index (χ4n) is 1.15. The quantitative estimate of drug-likeness (QED) is 0.537. The molecule has 0 heterocycles. The van der Waals surface area contributed by atoms with Gasteiger partial charge in [0.1, 0.15) is 0 Å². The Labute approximate surface area is 73.3 Å². The molecule has 4 heteroatoms. The van der Waals surface area contributed by atoms with Gasteiger partial charge in [-0.3, -0.25) is 5.43 Å². The minimum Gasteiger partial charge on any atom is -0.464 e. The molecule has 0 saturated carbocycles. The molecule has 0 bridgehead atoms. The molecule has 0 aliphatic rings. The van der Waals surface area contributed by atoms with Gasteiger partial charge in [0.25, 0.3) is 0 Å². The maximum atomic E-state index is 10.1. The summed E-state index contributed by atoms with van der Waals surface area (Å²) in [6, 6.07) is 0.274. The largest absolute Gasteiger partial charge is 0.464 e. The van der Waals surface area contributed by atoms with Crippen molar-refractivity contribution in [3.8, 4) is 0 Å². The second-order valence-corrected chi connectivity index (χ2v) is 2.85. The SMILES string of the molecule is CCCC(CCC)NNC(=O)O. The lowest BCUT2D eigenvalue weighted by Crippen LogP contribution is -2.43. The van der Waals surface area contributed by atoms with Crippen molar-refractivity contribution in [2.75, 3.05) is 0 Å². The van der Waals surface area contributed by atoms with Crippen LogP contribution in [0.1, 0.15) is 39.5 Å². The first-order chi connectivity index (χ1) is 5.70. The average Bonchev–Trinajstić information content (AvgIpc) is 2.01. The maximum Gasteiger partial charge on any atom is 0.419 e. The topological polar surface area (TPSA) is 61.4 Å². The van der Waals surface area contributed by atoms with E-state index in [1.807, 2.05) is 0 Å². The van der Waals surface area contributed by atoms with Crippen molar-refractivity contribution >= 4 is 6.09 Å². The van der Waals surface area contributed by atoms with Crippen LogP contribution < -0.4 is 10.9 Å². The third-order valence-corrected chi connectivity index (χ3v) is 1.66. The molecule has 0 aliphatic carbocycles. The molecule has 0 fully saturated rings. The van der Waals surface area contributed by atoms with Crippen molar-refractivity contribution in [2.45, 2.75) is 45.6 Å². The summed E-state index contributed by atoms with van der Waals surface area (Å²) in [5.74, 6) is 0. The zero-order valence-electron chi connectivity index (χ0n) is 7.76. The molecule has 0 spiro atoms. The molecule has 0 radical (unpaired) electrons. The summed E-state index contributed by atoms with van der Waals surface area (Å²) in [6.07, 6.45) is 3.13. The highest BCUT2D eigenvalue weighted by molar-refractivity contribution is 5.63. The Morgan fingerprint density at radius 2 is 1.83 bits per heavy atom. The number of amides is 1. The van der Waals surface area contributed by atoms with E-state index in [0.29, 0.717) is 0 Å². The lowest BCUT2D eigenvalue weighted by Gasteiger charge is -2.16. The highest BCUT2D eigenvalue weighted by Crippen LogP contribution is 2.02. The third-order valence-electron chi connectivity index (χ3n) is 1.66. The molecule has 72 valence electrons. The van der Waals surface area contributed by atoms with Crippen LogP contribution in [-0.2, 0) is 0 Å². The summed E-state index contributed by atoms with van der Waals surface area (Å²) < 4.78 is 0. The van der Waals surface area contributed by atoms with E-state index in [4.69, 9.17) is 5.11 Å². The van der Waals surface area contributed by atoms with Crippen LogP contribution in [-0.4, -0.2) is 17.2 Å². The fraction of sp³-hybridized carbons (Fsp3) is 0.875. The molecule has 0 aromatic carbocycles. The Morgan fingerprint density at radius 3 is 2.17 bits per heavy atom. The highest BCUT2D eigenvalue weighted by atomic mass is 16.4. The van der Waals surface area contributed by atoms with Crippen LogP contribution in [0.3, 0.4) is 0 Å². The number of hydrogen-bond donors (Lipinski definition) is 3. The van der Waals surface area contributed by atoms with Crippen LogP contribution in [0, 0.1) is 0 Å². The smallest absolute Gasteiger partial charge is 0.419 e. The Bertz CT molecular complexity index is 122. The van der Waals surface area contributed by atoms with E-state index in [0.717, 1.165) is 25.7 Å². The van der Waals surface area contributed by atoms with Gasteiger partial charge in [-0.15, -0.1) is 0 Å². The van der Waals surface area contributed by atoms with E-state index in [1.165, 1.54) is 0 Å². The van der Waals surface area contributed by atoms with E-state index in [9.17, 15) is 4.79 Å². The minimum absolute atomic E-state index is 0.274. The molecule has 0 saturated heterocycles. The predicted molar refractivity (Wildman–Crippen MR) is 47.9 cm³/mol. The predicted octanol–water partition coefficient (Wildman–Crippen LogP) is 1.73. The number of rotatable bonds is 6. The van der Waals surface area contributed by atoms with E-state index in [1.54, 1.807) is 0 Å². The van der Waals surface area contributed by atoms with Gasteiger partial charge in [0.2, 0.25) is 0 Å². The lowest BCUT2D eigenvalue weighted by atomic mass is 10.1. The average molecular weight is 174 g/mol. The molecular formula is C8H18N2O2. The molecule has 0 atom stereocenters. The molecule has 0 unspecified atom stereocenters. The summed E-state index contributed by atoms with van der Waals surface area (Å²) in [5, 5.41) is 8.33. The van der Waals surface area contributed by atoms with E-state index in [-0.39, 0.29) is 6.04 Å². The van der Waals surface area contributed by atoms with Gasteiger partial charge in [0, 0.05) is 6.04 Å². The van der Waals surface area contributed by atoms with Gasteiger partial charge >= 0.3 is 6.09 Å². The van der Waals surface area contributed by atoms with Crippen LogP contribution in [0.25, 0.3) is 0 Å². The second-order valence-electron chi connectivity index (χ2n) is 2.85. The summed E-state index contributed by atoms with van der Waals surface area (Å²) in [5.41, 5.74) is 4.95. The van der Waals surface area contributed by atoms with Crippen molar-refractivity contribution in [1.82, 2.24) is 10.9 Å². The van der Waals surface area contributed by atoms with Crippen molar-refractivity contribution in [1.29, 1.82) is 0 Å². The summed E-state index contributed by atoms with van der Waals surface area (Å²) in [6.45, 7) is 4.18. The highest BCUT2D eigenvalue weighted by Gasteiger charge is 2.05. The normalized spacial score (nSPS) is 10.2. The molecule has 12 heavy (non-hydrogen) atoms.